The van der Waals surface area contributed by atoms with Gasteiger partial charge in [0.15, 0.2) is 0 Å². The van der Waals surface area contributed by atoms with E-state index in [1.165, 1.54) is 0 Å². The Kier molecular flexibility index (Phi) is 7.59. The highest BCUT2D eigenvalue weighted by Crippen LogP contribution is 2.17. The molecule has 0 spiro atoms. The van der Waals surface area contributed by atoms with E-state index < -0.39 is 12.1 Å². The van der Waals surface area contributed by atoms with Gasteiger partial charge in [0.1, 0.15) is 11.8 Å². The molecule has 5 N–H and O–H groups in total. The molecule has 2 rings (SSSR count). The van der Waals surface area contributed by atoms with Crippen LogP contribution in [0.15, 0.2) is 48.5 Å². The number of urea groups is 1. The Bertz CT molecular complexity index is 848. The van der Waals surface area contributed by atoms with Gasteiger partial charge in [-0.05, 0) is 60.9 Å². The molecule has 0 aliphatic rings. The summed E-state index contributed by atoms with van der Waals surface area (Å²) >= 11 is 0. The van der Waals surface area contributed by atoms with Crippen LogP contribution in [0, 0.1) is 5.92 Å². The zero-order chi connectivity index (χ0) is 21.4. The van der Waals surface area contributed by atoms with Crippen LogP contribution in [-0.2, 0) is 4.79 Å². The SMILES string of the molecule is COc1ccc(NC(=O)c2ccc(NC(=O)[C@H](CC(C)C)NC(N)=O)cc2)cc1. The van der Waals surface area contributed by atoms with Crippen LogP contribution in [0.4, 0.5) is 16.2 Å². The lowest BCUT2D eigenvalue weighted by Crippen LogP contribution is -2.46. The van der Waals surface area contributed by atoms with E-state index in [2.05, 4.69) is 16.0 Å². The average Bonchev–Trinajstić information content (AvgIpc) is 2.68. The molecule has 0 fully saturated rings. The number of ether oxygens (including phenoxy) is 1. The predicted octanol–water partition coefficient (Wildman–Crippen LogP) is 2.97. The fraction of sp³-hybridized carbons (Fsp3) is 0.286. The van der Waals surface area contributed by atoms with Crippen LogP contribution in [0.5, 0.6) is 5.75 Å². The van der Waals surface area contributed by atoms with Gasteiger partial charge >= 0.3 is 6.03 Å². The van der Waals surface area contributed by atoms with E-state index in [1.54, 1.807) is 55.6 Å². The third kappa shape index (κ3) is 6.84. The Morgan fingerprint density at radius 3 is 2.00 bits per heavy atom. The number of nitrogens with one attached hydrogen (secondary N) is 3. The van der Waals surface area contributed by atoms with E-state index in [0.717, 1.165) is 0 Å². The van der Waals surface area contributed by atoms with Crippen molar-refractivity contribution in [3.63, 3.8) is 0 Å². The first-order chi connectivity index (χ1) is 13.8. The van der Waals surface area contributed by atoms with E-state index in [9.17, 15) is 14.4 Å². The highest BCUT2D eigenvalue weighted by molar-refractivity contribution is 6.05. The summed E-state index contributed by atoms with van der Waals surface area (Å²) in [5.74, 6) is 0.250. The third-order valence-corrected chi connectivity index (χ3v) is 4.10. The van der Waals surface area contributed by atoms with Crippen molar-refractivity contribution in [2.45, 2.75) is 26.3 Å². The van der Waals surface area contributed by atoms with Gasteiger partial charge in [-0.1, -0.05) is 13.8 Å². The van der Waals surface area contributed by atoms with Crippen molar-refractivity contribution in [3.05, 3.63) is 54.1 Å². The lowest BCUT2D eigenvalue weighted by molar-refractivity contribution is -0.118. The monoisotopic (exact) mass is 398 g/mol. The maximum Gasteiger partial charge on any atom is 0.312 e. The molecule has 0 radical (unpaired) electrons. The maximum absolute atomic E-state index is 12.4. The van der Waals surface area contributed by atoms with Crippen molar-refractivity contribution in [3.8, 4) is 5.75 Å². The molecule has 0 heterocycles. The maximum atomic E-state index is 12.4. The molecular weight excluding hydrogens is 372 g/mol. The van der Waals surface area contributed by atoms with Gasteiger partial charge in [0.05, 0.1) is 7.11 Å². The van der Waals surface area contributed by atoms with Gasteiger partial charge < -0.3 is 26.4 Å². The standard InChI is InChI=1S/C21H26N4O4/c1-13(2)12-18(25-21(22)28)20(27)24-15-6-4-14(5-7-15)19(26)23-16-8-10-17(29-3)11-9-16/h4-11,13,18H,12H2,1-3H3,(H,23,26)(H,24,27)(H3,22,25,28)/t18-/m0/s1. The lowest BCUT2D eigenvalue weighted by atomic mass is 10.0. The molecule has 0 saturated heterocycles. The van der Waals surface area contributed by atoms with Crippen molar-refractivity contribution in [2.75, 3.05) is 17.7 Å². The molecule has 8 nitrogen and oxygen atoms in total. The van der Waals surface area contributed by atoms with Crippen LogP contribution in [0.3, 0.4) is 0 Å². The Morgan fingerprint density at radius 2 is 1.48 bits per heavy atom. The zero-order valence-electron chi connectivity index (χ0n) is 16.7. The molecule has 4 amide bonds. The van der Waals surface area contributed by atoms with Gasteiger partial charge in [-0.3, -0.25) is 9.59 Å². The Morgan fingerprint density at radius 1 is 0.931 bits per heavy atom. The summed E-state index contributed by atoms with van der Waals surface area (Å²) in [6, 6.07) is 12.0. The second-order valence-corrected chi connectivity index (χ2v) is 6.94. The molecule has 29 heavy (non-hydrogen) atoms. The van der Waals surface area contributed by atoms with Crippen LogP contribution in [0.25, 0.3) is 0 Å². The summed E-state index contributed by atoms with van der Waals surface area (Å²) in [4.78, 5) is 35.9. The molecular formula is C21H26N4O4. The number of anilines is 2. The van der Waals surface area contributed by atoms with Gasteiger partial charge in [-0.25, -0.2) is 4.79 Å². The lowest BCUT2D eigenvalue weighted by Gasteiger charge is -2.19. The van der Waals surface area contributed by atoms with Crippen LogP contribution in [-0.4, -0.2) is 31.0 Å². The van der Waals surface area contributed by atoms with E-state index in [1.807, 2.05) is 13.8 Å². The summed E-state index contributed by atoms with van der Waals surface area (Å²) < 4.78 is 5.09. The van der Waals surface area contributed by atoms with Crippen LogP contribution < -0.4 is 26.4 Å². The fourth-order valence-electron chi connectivity index (χ4n) is 2.69. The number of carbonyl (C=O) groups is 3. The molecule has 0 aliphatic heterocycles. The molecule has 0 bridgehead atoms. The topological polar surface area (TPSA) is 123 Å². The summed E-state index contributed by atoms with van der Waals surface area (Å²) in [7, 11) is 1.57. The van der Waals surface area contributed by atoms with Gasteiger partial charge in [-0.2, -0.15) is 0 Å². The number of rotatable bonds is 8. The van der Waals surface area contributed by atoms with Crippen LogP contribution >= 0.6 is 0 Å². The molecule has 154 valence electrons. The van der Waals surface area contributed by atoms with Crippen molar-refractivity contribution in [1.82, 2.24) is 5.32 Å². The summed E-state index contributed by atoms with van der Waals surface area (Å²) in [5.41, 5.74) is 6.74. The smallest absolute Gasteiger partial charge is 0.312 e. The molecule has 8 heteroatoms. The van der Waals surface area contributed by atoms with Crippen molar-refractivity contribution < 1.29 is 19.1 Å². The van der Waals surface area contributed by atoms with E-state index in [4.69, 9.17) is 10.5 Å². The van der Waals surface area contributed by atoms with Crippen molar-refractivity contribution in [2.24, 2.45) is 11.7 Å². The number of methoxy groups -OCH3 is 1. The first-order valence-electron chi connectivity index (χ1n) is 9.20. The summed E-state index contributed by atoms with van der Waals surface area (Å²) in [5, 5.41) is 7.96. The van der Waals surface area contributed by atoms with Crippen molar-refractivity contribution in [1.29, 1.82) is 0 Å². The zero-order valence-corrected chi connectivity index (χ0v) is 16.7. The number of nitrogens with two attached hydrogens (primary N) is 1. The summed E-state index contributed by atoms with van der Waals surface area (Å²) in [6.45, 7) is 3.89. The molecule has 0 unspecified atom stereocenters. The van der Waals surface area contributed by atoms with E-state index in [-0.39, 0.29) is 17.7 Å². The summed E-state index contributed by atoms with van der Waals surface area (Å²) in [6.07, 6.45) is 0.455. The number of benzene rings is 2. The van der Waals surface area contributed by atoms with Gasteiger partial charge in [0, 0.05) is 16.9 Å². The minimum Gasteiger partial charge on any atom is -0.497 e. The first-order valence-corrected chi connectivity index (χ1v) is 9.20. The second kappa shape index (κ2) is 10.1. The highest BCUT2D eigenvalue weighted by atomic mass is 16.5. The Hall–Kier alpha value is -3.55. The number of amides is 4. The predicted molar refractivity (Wildman–Crippen MR) is 112 cm³/mol. The van der Waals surface area contributed by atoms with Gasteiger partial charge in [-0.15, -0.1) is 0 Å². The molecule has 1 atom stereocenters. The van der Waals surface area contributed by atoms with Gasteiger partial charge in [0.2, 0.25) is 5.91 Å². The molecule has 0 saturated carbocycles. The number of hydrogen-bond acceptors (Lipinski definition) is 4. The highest BCUT2D eigenvalue weighted by Gasteiger charge is 2.21. The number of hydrogen-bond donors (Lipinski definition) is 4. The van der Waals surface area contributed by atoms with Crippen molar-refractivity contribution >= 4 is 29.2 Å². The fourth-order valence-corrected chi connectivity index (χ4v) is 2.69. The third-order valence-electron chi connectivity index (χ3n) is 4.10. The normalized spacial score (nSPS) is 11.4. The Labute approximate surface area is 169 Å². The number of carbonyl (C=O) groups excluding carboxylic acids is 3. The molecule has 2 aromatic carbocycles. The van der Waals surface area contributed by atoms with E-state index >= 15 is 0 Å². The quantitative estimate of drug-likeness (QED) is 0.546. The largest absolute Gasteiger partial charge is 0.497 e. The van der Waals surface area contributed by atoms with Crippen LogP contribution in [0.2, 0.25) is 0 Å². The van der Waals surface area contributed by atoms with Gasteiger partial charge in [0.25, 0.3) is 5.91 Å². The second-order valence-electron chi connectivity index (χ2n) is 6.94. The minimum atomic E-state index is -0.753. The molecule has 0 aromatic heterocycles. The van der Waals surface area contributed by atoms with E-state index in [0.29, 0.717) is 29.1 Å². The first kappa shape index (κ1) is 21.7. The molecule has 2 aromatic rings. The number of primary amides is 1. The average molecular weight is 398 g/mol. The minimum absolute atomic E-state index is 0.196. The molecule has 0 aliphatic carbocycles. The Balaban J connectivity index is 1.99. The van der Waals surface area contributed by atoms with Crippen LogP contribution in [0.1, 0.15) is 30.6 Å².